The second-order valence-electron chi connectivity index (χ2n) is 26.1. The lowest BCUT2D eigenvalue weighted by molar-refractivity contribution is 0.482. The second-order valence-corrected chi connectivity index (χ2v) is 26.1. The molecule has 1 aliphatic carbocycles. The summed E-state index contributed by atoms with van der Waals surface area (Å²) < 4.78 is 9.81. The Bertz CT molecular complexity index is 4440. The molecule has 0 fully saturated rings. The lowest BCUT2D eigenvalue weighted by atomic mass is 9.67. The van der Waals surface area contributed by atoms with E-state index in [9.17, 15) is 0 Å². The third-order valence-electron chi connectivity index (χ3n) is 17.6. The van der Waals surface area contributed by atoms with E-state index in [1.54, 1.807) is 0 Å². The number of nitrogens with zero attached hydrogens (tertiary/aromatic N) is 4. The molecule has 0 saturated heterocycles. The minimum Gasteiger partial charge on any atom is -0.457 e. The Morgan fingerprint density at radius 3 is 1.64 bits per heavy atom. The molecule has 1 aliphatic heterocycles. The van der Waals surface area contributed by atoms with Gasteiger partial charge in [-0.1, -0.05) is 226 Å². The minimum absolute atomic E-state index is 0.0582. The fraction of sp³-hybridized carbons (Fsp3) is 0.177. The van der Waals surface area contributed by atoms with Crippen molar-refractivity contribution < 1.29 is 4.74 Å². The van der Waals surface area contributed by atoms with E-state index in [0.717, 1.165) is 56.4 Å². The van der Waals surface area contributed by atoms with Gasteiger partial charge in [-0.25, -0.2) is 4.98 Å². The van der Waals surface area contributed by atoms with Crippen molar-refractivity contribution in [2.24, 2.45) is 0 Å². The van der Waals surface area contributed by atoms with E-state index in [2.05, 4.69) is 319 Å². The largest absolute Gasteiger partial charge is 0.457 e. The van der Waals surface area contributed by atoms with Gasteiger partial charge in [0.25, 0.3) is 0 Å². The number of hydrogen-bond acceptors (Lipinski definition) is 4. The first kappa shape index (κ1) is 52.6. The molecular formula is C79H70N4O. The summed E-state index contributed by atoms with van der Waals surface area (Å²) in [5.74, 6) is 2.36. The van der Waals surface area contributed by atoms with E-state index in [1.807, 2.05) is 6.20 Å². The molecule has 1 unspecified atom stereocenters. The summed E-state index contributed by atoms with van der Waals surface area (Å²) in [4.78, 5) is 10.1. The molecule has 0 bridgehead atoms. The van der Waals surface area contributed by atoms with Crippen LogP contribution in [-0.4, -0.2) is 16.2 Å². The Labute approximate surface area is 495 Å². The summed E-state index contributed by atoms with van der Waals surface area (Å²) in [5.41, 5.74) is 21.5. The summed E-state index contributed by atoms with van der Waals surface area (Å²) in [6, 6.07) is 89.8. The number of rotatable bonds is 9. The highest BCUT2D eigenvalue weighted by atomic mass is 16.5. The Hall–Kier alpha value is -9.45. The van der Waals surface area contributed by atoms with Crippen LogP contribution in [0.5, 0.6) is 11.5 Å². The van der Waals surface area contributed by atoms with Crippen LogP contribution in [0.2, 0.25) is 0 Å². The normalized spacial score (nSPS) is 14.9. The van der Waals surface area contributed by atoms with Crippen LogP contribution >= 0.6 is 0 Å². The molecule has 5 heteroatoms. The van der Waals surface area contributed by atoms with Gasteiger partial charge >= 0.3 is 0 Å². The van der Waals surface area contributed by atoms with Crippen molar-refractivity contribution in [2.75, 3.05) is 16.5 Å². The molecule has 412 valence electrons. The topological polar surface area (TPSA) is 33.5 Å². The van der Waals surface area contributed by atoms with Crippen LogP contribution in [0.1, 0.15) is 101 Å². The number of ether oxygens (including phenoxy) is 1. The van der Waals surface area contributed by atoms with Crippen LogP contribution < -0.4 is 14.5 Å². The Balaban J connectivity index is 1.02. The first-order valence-corrected chi connectivity index (χ1v) is 29.6. The smallest absolute Gasteiger partial charge is 0.137 e. The van der Waals surface area contributed by atoms with E-state index in [-0.39, 0.29) is 16.2 Å². The van der Waals surface area contributed by atoms with E-state index < -0.39 is 5.41 Å². The molecular weight excluding hydrogens is 1020 g/mol. The van der Waals surface area contributed by atoms with Gasteiger partial charge in [0.05, 0.1) is 33.5 Å². The standard InChI is InChI=1S/C79H70N4O/c1-76(2,3)55-37-39-63-62-31-19-21-33-68(62)79(69(63)47-55,54-29-17-12-18-30-54)58-43-59(49-61(44-58)84-60-38-40-65-64-32-20-22-34-70(64)83(73(65)50-60)74-48-56(41-42-80-74)77(4,5)6)81-51-82(72-36-24-23-35-71(72)81)75-66(52-25-13-10-14-26-52)45-57(78(7,8)9)46-67(75)53-27-15-11-16-28-53/h10-50H,51H2,1-9H3. The van der Waals surface area contributed by atoms with Crippen molar-refractivity contribution in [1.29, 1.82) is 0 Å². The van der Waals surface area contributed by atoms with Crippen LogP contribution in [0.3, 0.4) is 0 Å². The number of para-hydroxylation sites is 3. The van der Waals surface area contributed by atoms with Crippen LogP contribution in [0.25, 0.3) is 61.0 Å². The maximum absolute atomic E-state index is 7.51. The van der Waals surface area contributed by atoms with Gasteiger partial charge in [0.1, 0.15) is 24.0 Å². The SMILES string of the molecule is CC(C)(C)c1ccnc(-n2c3ccccc3c3ccc(Oc4cc(N5CN(c6c(-c7ccccc7)cc(C(C)(C)C)cc6-c6ccccc6)c6ccccc65)cc(C5(c6ccccc6)c6ccccc6-c6ccc(C(C)(C)C)cc65)c4)cc32)c1. The van der Waals surface area contributed by atoms with Crippen LogP contribution in [-0.2, 0) is 21.7 Å². The van der Waals surface area contributed by atoms with Crippen LogP contribution in [0, 0.1) is 0 Å². The molecule has 10 aromatic carbocycles. The molecule has 2 aliphatic rings. The highest BCUT2D eigenvalue weighted by Gasteiger charge is 2.47. The minimum atomic E-state index is -0.731. The van der Waals surface area contributed by atoms with E-state index >= 15 is 0 Å². The van der Waals surface area contributed by atoms with Crippen molar-refractivity contribution in [3.63, 3.8) is 0 Å². The van der Waals surface area contributed by atoms with Gasteiger partial charge in [-0.05, 0) is 144 Å². The van der Waals surface area contributed by atoms with Gasteiger partial charge < -0.3 is 14.5 Å². The number of aromatic nitrogens is 2. The van der Waals surface area contributed by atoms with Crippen molar-refractivity contribution >= 4 is 44.6 Å². The molecule has 0 spiro atoms. The van der Waals surface area contributed by atoms with Crippen molar-refractivity contribution in [3.05, 3.63) is 288 Å². The molecule has 84 heavy (non-hydrogen) atoms. The maximum atomic E-state index is 7.51. The Kier molecular flexibility index (Phi) is 12.5. The summed E-state index contributed by atoms with van der Waals surface area (Å²) >= 11 is 0. The summed E-state index contributed by atoms with van der Waals surface area (Å²) in [5, 5.41) is 2.31. The first-order chi connectivity index (χ1) is 40.5. The molecule has 3 heterocycles. The molecule has 2 aromatic heterocycles. The molecule has 12 aromatic rings. The number of benzene rings is 10. The zero-order valence-corrected chi connectivity index (χ0v) is 49.6. The molecule has 14 rings (SSSR count). The van der Waals surface area contributed by atoms with Gasteiger partial charge in [-0.15, -0.1) is 0 Å². The number of pyridine rings is 1. The van der Waals surface area contributed by atoms with Gasteiger partial charge in [-0.2, -0.15) is 0 Å². The van der Waals surface area contributed by atoms with E-state index in [1.165, 1.54) is 77.8 Å². The summed E-state index contributed by atoms with van der Waals surface area (Å²) in [6.07, 6.45) is 1.94. The summed E-state index contributed by atoms with van der Waals surface area (Å²) in [6.45, 7) is 21.2. The van der Waals surface area contributed by atoms with Crippen LogP contribution in [0.15, 0.2) is 249 Å². The number of fused-ring (bicyclic) bond motifs is 7. The van der Waals surface area contributed by atoms with Gasteiger partial charge in [-0.3, -0.25) is 4.57 Å². The molecule has 5 nitrogen and oxygen atoms in total. The highest BCUT2D eigenvalue weighted by Crippen LogP contribution is 2.59. The van der Waals surface area contributed by atoms with Gasteiger partial charge in [0.2, 0.25) is 0 Å². The molecule has 0 N–H and O–H groups in total. The van der Waals surface area contributed by atoms with Crippen LogP contribution in [0.4, 0.5) is 22.7 Å². The van der Waals surface area contributed by atoms with Gasteiger partial charge in [0, 0.05) is 45.9 Å². The molecule has 1 atom stereocenters. The molecule has 0 saturated carbocycles. The fourth-order valence-electron chi connectivity index (χ4n) is 13.3. The zero-order chi connectivity index (χ0) is 57.7. The average Bonchev–Trinajstić information content (AvgIpc) is 1.57. The number of hydrogen-bond donors (Lipinski definition) is 0. The third-order valence-corrected chi connectivity index (χ3v) is 17.6. The summed E-state index contributed by atoms with van der Waals surface area (Å²) in [7, 11) is 0. The fourth-order valence-corrected chi connectivity index (χ4v) is 13.3. The second kappa shape index (κ2) is 19.9. The Morgan fingerprint density at radius 2 is 0.964 bits per heavy atom. The van der Waals surface area contributed by atoms with Crippen molar-refractivity contribution in [2.45, 2.75) is 84.0 Å². The average molecular weight is 1090 g/mol. The van der Waals surface area contributed by atoms with Gasteiger partial charge in [0.15, 0.2) is 0 Å². The molecule has 0 amide bonds. The lowest BCUT2D eigenvalue weighted by Crippen LogP contribution is -2.30. The first-order valence-electron chi connectivity index (χ1n) is 29.6. The third kappa shape index (κ3) is 8.79. The quantitative estimate of drug-likeness (QED) is 0.144. The molecule has 0 radical (unpaired) electrons. The Morgan fingerprint density at radius 1 is 0.393 bits per heavy atom. The van der Waals surface area contributed by atoms with Crippen molar-refractivity contribution in [1.82, 2.24) is 9.55 Å². The van der Waals surface area contributed by atoms with E-state index in [0.29, 0.717) is 6.67 Å². The number of anilines is 4. The lowest BCUT2D eigenvalue weighted by Gasteiger charge is -2.36. The maximum Gasteiger partial charge on any atom is 0.137 e. The zero-order valence-electron chi connectivity index (χ0n) is 49.6. The predicted octanol–water partition coefficient (Wildman–Crippen LogP) is 20.8. The highest BCUT2D eigenvalue weighted by molar-refractivity contribution is 6.09. The monoisotopic (exact) mass is 1090 g/mol. The predicted molar refractivity (Wildman–Crippen MR) is 351 cm³/mol. The van der Waals surface area contributed by atoms with E-state index in [4.69, 9.17) is 9.72 Å². The van der Waals surface area contributed by atoms with Crippen molar-refractivity contribution in [3.8, 4) is 50.7 Å².